The first kappa shape index (κ1) is 24.1. The van der Waals surface area contributed by atoms with Crippen LogP contribution < -0.4 is 4.74 Å². The number of methoxy groups -OCH3 is 1. The second kappa shape index (κ2) is 10.2. The minimum Gasteiger partial charge on any atom is -0.472 e. The highest BCUT2D eigenvalue weighted by atomic mass is 32.2. The lowest BCUT2D eigenvalue weighted by Crippen LogP contribution is -2.50. The van der Waals surface area contributed by atoms with Crippen molar-refractivity contribution in [3.05, 3.63) is 23.4 Å². The SMILES string of the molecule is COCC#Cc1cnc2c(c1)C(=O)N([C@H](C)CO)C[C@H](C)[C@@H](CN(C)S(C)(=O)=O)O2. The van der Waals surface area contributed by atoms with Crippen LogP contribution in [-0.4, -0.2) is 92.5 Å². The topological polar surface area (TPSA) is 109 Å². The Labute approximate surface area is 178 Å². The van der Waals surface area contributed by atoms with Gasteiger partial charge in [-0.1, -0.05) is 18.8 Å². The van der Waals surface area contributed by atoms with E-state index in [1.165, 1.54) is 24.7 Å². The molecule has 2 heterocycles. The molecule has 0 unspecified atom stereocenters. The van der Waals surface area contributed by atoms with Gasteiger partial charge in [0.25, 0.3) is 5.91 Å². The molecule has 0 aromatic carbocycles. The summed E-state index contributed by atoms with van der Waals surface area (Å²) in [5.41, 5.74) is 0.746. The average Bonchev–Trinajstić information content (AvgIpc) is 2.69. The fraction of sp³-hybridized carbons (Fsp3) is 0.600. The van der Waals surface area contributed by atoms with Crippen LogP contribution in [-0.2, 0) is 14.8 Å². The summed E-state index contributed by atoms with van der Waals surface area (Å²) in [7, 11) is -0.393. The number of carbonyl (C=O) groups is 1. The van der Waals surface area contributed by atoms with Crippen molar-refractivity contribution in [3.8, 4) is 17.7 Å². The first-order chi connectivity index (χ1) is 14.1. The molecule has 0 spiro atoms. The molecule has 30 heavy (non-hydrogen) atoms. The zero-order valence-corrected chi connectivity index (χ0v) is 18.8. The van der Waals surface area contributed by atoms with Gasteiger partial charge in [-0.05, 0) is 13.0 Å². The van der Waals surface area contributed by atoms with Crippen LogP contribution in [0.2, 0.25) is 0 Å². The van der Waals surface area contributed by atoms with Gasteiger partial charge in [-0.3, -0.25) is 4.79 Å². The van der Waals surface area contributed by atoms with Crippen molar-refractivity contribution in [2.24, 2.45) is 5.92 Å². The molecule has 2 rings (SSSR count). The van der Waals surface area contributed by atoms with E-state index in [-0.39, 0.29) is 43.0 Å². The molecule has 9 nitrogen and oxygen atoms in total. The van der Waals surface area contributed by atoms with Gasteiger partial charge >= 0.3 is 0 Å². The molecule has 1 aromatic heterocycles. The van der Waals surface area contributed by atoms with E-state index < -0.39 is 22.2 Å². The summed E-state index contributed by atoms with van der Waals surface area (Å²) in [6.07, 6.45) is 2.09. The summed E-state index contributed by atoms with van der Waals surface area (Å²) < 4.78 is 35.9. The van der Waals surface area contributed by atoms with Gasteiger partial charge in [-0.2, -0.15) is 0 Å². The maximum atomic E-state index is 13.2. The van der Waals surface area contributed by atoms with Crippen molar-refractivity contribution in [3.63, 3.8) is 0 Å². The Morgan fingerprint density at radius 2 is 2.20 bits per heavy atom. The molecule has 0 saturated heterocycles. The summed E-state index contributed by atoms with van der Waals surface area (Å²) in [4.78, 5) is 19.1. The van der Waals surface area contributed by atoms with E-state index in [9.17, 15) is 18.3 Å². The number of hydrogen-bond acceptors (Lipinski definition) is 7. The van der Waals surface area contributed by atoms with Gasteiger partial charge in [-0.15, -0.1) is 0 Å². The number of rotatable bonds is 6. The molecule has 0 fully saturated rings. The van der Waals surface area contributed by atoms with Gasteiger partial charge in [0.05, 0.1) is 25.4 Å². The van der Waals surface area contributed by atoms with Crippen molar-refractivity contribution >= 4 is 15.9 Å². The molecule has 1 aliphatic rings. The highest BCUT2D eigenvalue weighted by molar-refractivity contribution is 7.88. The van der Waals surface area contributed by atoms with E-state index in [0.717, 1.165) is 6.26 Å². The number of fused-ring (bicyclic) bond motifs is 1. The van der Waals surface area contributed by atoms with Crippen LogP contribution in [0.3, 0.4) is 0 Å². The number of likely N-dealkylation sites (N-methyl/N-ethyl adjacent to an activating group) is 1. The zero-order valence-electron chi connectivity index (χ0n) is 18.0. The van der Waals surface area contributed by atoms with Crippen LogP contribution in [0.15, 0.2) is 12.3 Å². The largest absolute Gasteiger partial charge is 0.472 e. The van der Waals surface area contributed by atoms with Crippen LogP contribution in [0.1, 0.15) is 29.8 Å². The number of carbonyl (C=O) groups excluding carboxylic acids is 1. The van der Waals surface area contributed by atoms with E-state index in [2.05, 4.69) is 16.8 Å². The number of pyridine rings is 1. The number of ether oxygens (including phenoxy) is 2. The Hall–Kier alpha value is -2.19. The van der Waals surface area contributed by atoms with E-state index in [1.807, 2.05) is 6.92 Å². The Balaban J connectivity index is 2.49. The maximum absolute atomic E-state index is 13.2. The Kier molecular flexibility index (Phi) is 8.20. The number of aliphatic hydroxyl groups is 1. The number of amides is 1. The monoisotopic (exact) mass is 439 g/mol. The lowest BCUT2D eigenvalue weighted by Gasteiger charge is -2.37. The standard InChI is InChI=1S/C20H29N3O6S/c1-14-11-23(15(2)13-24)20(25)17-9-16(7-6-8-28-4)10-21-19(17)29-18(14)12-22(3)30(5,26)27/h9-10,14-15,18,24H,8,11-13H2,1-5H3/t14-,15+,18+/m0/s1. The van der Waals surface area contributed by atoms with Crippen molar-refractivity contribution in [1.29, 1.82) is 0 Å². The summed E-state index contributed by atoms with van der Waals surface area (Å²) in [6.45, 7) is 4.06. The van der Waals surface area contributed by atoms with Gasteiger partial charge in [0.15, 0.2) is 0 Å². The van der Waals surface area contributed by atoms with Gasteiger partial charge in [0.2, 0.25) is 15.9 Å². The number of hydrogen-bond donors (Lipinski definition) is 1. The third-order valence-electron chi connectivity index (χ3n) is 4.97. The third kappa shape index (κ3) is 5.92. The number of nitrogens with zero attached hydrogens (tertiary/aromatic N) is 3. The van der Waals surface area contributed by atoms with Gasteiger partial charge < -0.3 is 19.5 Å². The normalized spacial score (nSPS) is 20.5. The van der Waals surface area contributed by atoms with Crippen LogP contribution in [0.4, 0.5) is 0 Å². The summed E-state index contributed by atoms with van der Waals surface area (Å²) in [5.74, 6) is 5.28. The van der Waals surface area contributed by atoms with Crippen molar-refractivity contribution in [2.75, 3.05) is 46.7 Å². The second-order valence-electron chi connectivity index (χ2n) is 7.48. The Bertz CT molecular complexity index is 924. The molecule has 0 radical (unpaired) electrons. The minimum atomic E-state index is -3.41. The molecule has 1 aliphatic heterocycles. The Morgan fingerprint density at radius 3 is 2.80 bits per heavy atom. The third-order valence-corrected chi connectivity index (χ3v) is 6.25. The smallest absolute Gasteiger partial charge is 0.259 e. The number of aliphatic hydroxyl groups excluding tert-OH is 1. The quantitative estimate of drug-likeness (QED) is 0.630. The first-order valence-electron chi connectivity index (χ1n) is 9.56. The zero-order chi connectivity index (χ0) is 22.5. The van der Waals surface area contributed by atoms with Gasteiger partial charge in [-0.25, -0.2) is 17.7 Å². The minimum absolute atomic E-state index is 0.103. The van der Waals surface area contributed by atoms with E-state index in [1.54, 1.807) is 17.9 Å². The predicted octanol–water partition coefficient (Wildman–Crippen LogP) is 0.191. The molecule has 0 saturated carbocycles. The van der Waals surface area contributed by atoms with Crippen molar-refractivity contribution in [2.45, 2.75) is 26.0 Å². The van der Waals surface area contributed by atoms with Crippen LogP contribution in [0.5, 0.6) is 5.88 Å². The molecular formula is C20H29N3O6S. The summed E-state index contributed by atoms with van der Waals surface area (Å²) in [5, 5.41) is 9.65. The Morgan fingerprint density at radius 1 is 1.50 bits per heavy atom. The number of aromatic nitrogens is 1. The molecular weight excluding hydrogens is 410 g/mol. The van der Waals surface area contributed by atoms with Crippen LogP contribution in [0.25, 0.3) is 0 Å². The molecule has 10 heteroatoms. The fourth-order valence-corrected chi connectivity index (χ4v) is 3.41. The first-order valence-corrected chi connectivity index (χ1v) is 11.4. The summed E-state index contributed by atoms with van der Waals surface area (Å²) in [6, 6.07) is 1.17. The van der Waals surface area contributed by atoms with Gasteiger partial charge in [0.1, 0.15) is 18.3 Å². The van der Waals surface area contributed by atoms with E-state index >= 15 is 0 Å². The molecule has 3 atom stereocenters. The molecule has 1 amide bonds. The molecule has 0 bridgehead atoms. The molecule has 0 aliphatic carbocycles. The average molecular weight is 440 g/mol. The molecule has 166 valence electrons. The van der Waals surface area contributed by atoms with Crippen molar-refractivity contribution in [1.82, 2.24) is 14.2 Å². The van der Waals surface area contributed by atoms with Crippen LogP contribution in [0, 0.1) is 17.8 Å². The van der Waals surface area contributed by atoms with Crippen molar-refractivity contribution < 1.29 is 27.8 Å². The van der Waals surface area contributed by atoms with Crippen LogP contribution >= 0.6 is 0 Å². The van der Waals surface area contributed by atoms with E-state index in [4.69, 9.17) is 9.47 Å². The highest BCUT2D eigenvalue weighted by Crippen LogP contribution is 2.27. The molecule has 1 aromatic rings. The number of sulfonamides is 1. The maximum Gasteiger partial charge on any atom is 0.259 e. The second-order valence-corrected chi connectivity index (χ2v) is 9.57. The van der Waals surface area contributed by atoms with Gasteiger partial charge in [0, 0.05) is 38.4 Å². The highest BCUT2D eigenvalue weighted by Gasteiger charge is 2.35. The lowest BCUT2D eigenvalue weighted by atomic mass is 10.0. The lowest BCUT2D eigenvalue weighted by molar-refractivity contribution is 0.0373. The fourth-order valence-electron chi connectivity index (χ4n) is 2.99. The summed E-state index contributed by atoms with van der Waals surface area (Å²) >= 11 is 0. The van der Waals surface area contributed by atoms with E-state index in [0.29, 0.717) is 12.1 Å². The molecule has 1 N–H and O–H groups in total. The predicted molar refractivity (Wildman–Crippen MR) is 112 cm³/mol.